The summed E-state index contributed by atoms with van der Waals surface area (Å²) in [6.45, 7) is 32.2. The maximum Gasteiger partial charge on any atom is 0.410 e. The number of fused-ring (bicyclic) bond motifs is 3. The highest BCUT2D eigenvalue weighted by Crippen LogP contribution is 2.45. The van der Waals surface area contributed by atoms with Crippen LogP contribution in [0, 0.1) is 70.5 Å². The molecule has 2 aromatic carbocycles. The highest BCUT2D eigenvalue weighted by molar-refractivity contribution is 5.99. The fourth-order valence-electron chi connectivity index (χ4n) is 15.2. The summed E-state index contributed by atoms with van der Waals surface area (Å²) in [5, 5.41) is 12.6. The van der Waals surface area contributed by atoms with E-state index in [9.17, 15) is 58.0 Å². The number of hydrogen-bond donors (Lipinski definition) is 1. The second-order valence-corrected chi connectivity index (χ2v) is 33.7. The van der Waals surface area contributed by atoms with Gasteiger partial charge in [-0.05, 0) is 110 Å². The molecule has 9 amide bonds. The summed E-state index contributed by atoms with van der Waals surface area (Å²) in [7, 11) is 11.6. The van der Waals surface area contributed by atoms with Gasteiger partial charge < -0.3 is 53.8 Å². The number of likely N-dealkylation sites (N-methyl/N-ethyl adjacent to an activating group) is 8. The van der Waals surface area contributed by atoms with Crippen LogP contribution >= 0.6 is 0 Å². The molecule has 1 aliphatic carbocycles. The van der Waals surface area contributed by atoms with Crippen LogP contribution in [0.3, 0.4) is 0 Å². The number of hydrogen-bond acceptors (Lipinski definition) is 18. The van der Waals surface area contributed by atoms with Crippen molar-refractivity contribution < 1.29 is 81.3 Å². The minimum absolute atomic E-state index is 0.0115. The van der Waals surface area contributed by atoms with Crippen LogP contribution in [0.5, 0.6) is 0 Å². The van der Waals surface area contributed by atoms with Gasteiger partial charge in [-0.2, -0.15) is 5.26 Å². The number of carbonyl (C=O) groups is 14. The van der Waals surface area contributed by atoms with E-state index in [0.717, 1.165) is 27.2 Å². The van der Waals surface area contributed by atoms with Crippen LogP contribution in [0.4, 0.5) is 4.79 Å². The van der Waals surface area contributed by atoms with Gasteiger partial charge in [0, 0.05) is 120 Å². The molecule has 3 rings (SSSR count). The van der Waals surface area contributed by atoms with E-state index < -0.39 is 173 Å². The summed E-state index contributed by atoms with van der Waals surface area (Å²) < 4.78 is 17.2. The van der Waals surface area contributed by atoms with Crippen LogP contribution in [-0.2, 0) is 76.5 Å². The Morgan fingerprint density at radius 3 is 1.47 bits per heavy atom. The molecule has 0 unspecified atom stereocenters. The fourth-order valence-corrected chi connectivity index (χ4v) is 15.2. The van der Waals surface area contributed by atoms with Crippen LogP contribution in [0.1, 0.15) is 206 Å². The lowest BCUT2D eigenvalue weighted by Gasteiger charge is -2.42. The number of nitrogens with zero attached hydrogens (tertiary/aromatic N) is 9. The molecule has 27 heteroatoms. The smallest absolute Gasteiger partial charge is 0.410 e. The molecule has 0 fully saturated rings. The van der Waals surface area contributed by atoms with Gasteiger partial charge in [0.2, 0.25) is 47.3 Å². The summed E-state index contributed by atoms with van der Waals surface area (Å²) in [5.41, 5.74) is 4.13. The predicted octanol–water partition coefficient (Wildman–Crippen LogP) is 10.4. The first-order valence-electron chi connectivity index (χ1n) is 40.8. The zero-order valence-corrected chi connectivity index (χ0v) is 73.8. The van der Waals surface area contributed by atoms with Crippen molar-refractivity contribution in [2.75, 3.05) is 76.1 Å². The maximum absolute atomic E-state index is 15.4. The minimum atomic E-state index is -1.57. The van der Waals surface area contributed by atoms with Gasteiger partial charge in [-0.25, -0.2) is 9.59 Å². The molecule has 14 atom stereocenters. The average molecular weight is 1610 g/mol. The third kappa shape index (κ3) is 27.4. The van der Waals surface area contributed by atoms with E-state index in [1.807, 2.05) is 96.1 Å². The summed E-state index contributed by atoms with van der Waals surface area (Å²) >= 11 is 0. The van der Waals surface area contributed by atoms with Crippen LogP contribution in [0.15, 0.2) is 60.7 Å². The number of amides is 9. The maximum atomic E-state index is 15.4. The average Bonchev–Trinajstić information content (AvgIpc) is 1.64. The van der Waals surface area contributed by atoms with E-state index in [4.69, 9.17) is 14.2 Å². The molecule has 0 saturated carbocycles. The number of Topliss-reactive ketones (excluding diaryl/α,β-unsaturated/α-hetero) is 3. The van der Waals surface area contributed by atoms with Crippen molar-refractivity contribution in [2.45, 2.75) is 250 Å². The topological polar surface area (TPSA) is 328 Å². The van der Waals surface area contributed by atoms with Crippen molar-refractivity contribution >= 4 is 82.6 Å². The predicted molar refractivity (Wildman–Crippen MR) is 440 cm³/mol. The van der Waals surface area contributed by atoms with Gasteiger partial charge in [0.1, 0.15) is 61.4 Å². The van der Waals surface area contributed by atoms with Crippen LogP contribution in [-0.4, -0.2) is 252 Å². The van der Waals surface area contributed by atoms with Gasteiger partial charge >= 0.3 is 18.0 Å². The molecule has 115 heavy (non-hydrogen) atoms. The first-order chi connectivity index (χ1) is 53.7. The van der Waals surface area contributed by atoms with E-state index in [1.54, 1.807) is 82.4 Å². The lowest BCUT2D eigenvalue weighted by molar-refractivity contribution is -0.164. The number of carbonyl (C=O) groups excluding carboxylic acids is 14. The Hall–Kier alpha value is -9.35. The normalized spacial score (nSPS) is 15.6. The second kappa shape index (κ2) is 46.4. The van der Waals surface area contributed by atoms with Crippen LogP contribution in [0.2, 0.25) is 0 Å². The van der Waals surface area contributed by atoms with Crippen molar-refractivity contribution in [2.24, 2.45) is 59.2 Å². The molecule has 2 aromatic rings. The summed E-state index contributed by atoms with van der Waals surface area (Å²) in [6.07, 6.45) is 1.26. The van der Waals surface area contributed by atoms with Crippen molar-refractivity contribution in [3.05, 3.63) is 71.8 Å². The Bertz CT molecular complexity index is 3730. The molecule has 0 aliphatic heterocycles. The molecule has 0 aromatic heterocycles. The molecular formula is C88H136N10O17. The highest BCUT2D eigenvalue weighted by atomic mass is 16.6. The van der Waals surface area contributed by atoms with Crippen molar-refractivity contribution in [3.8, 4) is 17.2 Å². The standard InChI is InChI=1S/C88H136N10O17/c1-28-30-35-57(14)79(115-62(19)100)78(80(104)90-69(29-2)87(111)113-43-42-91(20)61(18)99)98(27)86(110)76(55(11)12)96(25)85(109)72(46-53(7)8)95(24)84(108)71(45-52(5)6)94(23)81(105)59(16)48-73(101)58(15)47-74(102)70(44-51(3)4)93(22)83(107)67(54(9)10)49-75(103)77(56(13)40-41-89)97(26)82(106)60(17)92(21)88(112)114-50-68-65-38-33-31-36-63(65)64-37-32-34-39-66(64)68/h28,30-34,36-39,51-60,67-72,76-79H,29,35,40,42-50H2,1-27H3,(H,90,104)/b30-28+/t56-,57-,58-,59+,60-,67+,69+,70+,71+,72+,76+,77+,78+,79-/m1/s1. The quantitative estimate of drug-likeness (QED) is 0.0366. The number of allylic oxidation sites excluding steroid dienone is 2. The van der Waals surface area contributed by atoms with E-state index in [1.165, 1.54) is 104 Å². The summed E-state index contributed by atoms with van der Waals surface area (Å²) in [5.74, 6) is -13.7. The van der Waals surface area contributed by atoms with Crippen molar-refractivity contribution in [1.29, 1.82) is 5.26 Å². The Morgan fingerprint density at radius 1 is 0.513 bits per heavy atom. The largest absolute Gasteiger partial charge is 0.462 e. The van der Waals surface area contributed by atoms with E-state index in [-0.39, 0.29) is 101 Å². The van der Waals surface area contributed by atoms with Gasteiger partial charge in [0.15, 0.2) is 11.6 Å². The third-order valence-corrected chi connectivity index (χ3v) is 22.4. The molecule has 640 valence electrons. The van der Waals surface area contributed by atoms with Crippen molar-refractivity contribution in [3.63, 3.8) is 0 Å². The SMILES string of the molecule is C/C=C/C[C@@H](C)[C@@H](OC(C)=O)[C@@H](C(=O)N[C@@H](CC)C(=O)OCCN(C)C(C)=O)N(C)C(=O)[C@H](C(C)C)N(C)C(=O)[C@H](CC(C)C)N(C)C(=O)[C@H](CC(C)C)N(C)C(=O)[C@@H](C)CC(=O)[C@H](C)CC(=O)[C@H](CC(C)C)N(C)C(=O)[C@@H](CC(=O)[C@H]([C@H](C)CC#N)N(C)C(=O)[C@@H](C)N(C)C(=O)OCC1c2ccccc2-c2ccccc21)C(C)C. The number of esters is 2. The van der Waals surface area contributed by atoms with E-state index in [2.05, 4.69) is 11.4 Å². The van der Waals surface area contributed by atoms with Gasteiger partial charge in [-0.3, -0.25) is 62.4 Å². The van der Waals surface area contributed by atoms with E-state index in [0.29, 0.717) is 6.42 Å². The van der Waals surface area contributed by atoms with Crippen molar-refractivity contribution in [1.82, 2.24) is 44.5 Å². The lowest BCUT2D eigenvalue weighted by atomic mass is 9.83. The minimum Gasteiger partial charge on any atom is -0.462 e. The van der Waals surface area contributed by atoms with Crippen LogP contribution in [0.25, 0.3) is 11.1 Å². The Kier molecular flexibility index (Phi) is 40.3. The molecule has 0 bridgehead atoms. The highest BCUT2D eigenvalue weighted by Gasteiger charge is 2.48. The summed E-state index contributed by atoms with van der Waals surface area (Å²) in [4.78, 5) is 211. The molecule has 0 saturated heterocycles. The Morgan fingerprint density at radius 2 is 0.991 bits per heavy atom. The zero-order chi connectivity index (χ0) is 87.6. The lowest BCUT2D eigenvalue weighted by Crippen LogP contribution is -2.63. The van der Waals surface area contributed by atoms with Gasteiger partial charge in [-0.1, -0.05) is 165 Å². The summed E-state index contributed by atoms with van der Waals surface area (Å²) in [6, 6.07) is 8.09. The van der Waals surface area contributed by atoms with Gasteiger partial charge in [0.25, 0.3) is 0 Å². The molecule has 0 spiro atoms. The number of nitriles is 1. The molecular weight excluding hydrogens is 1470 g/mol. The number of nitrogens with one attached hydrogen (secondary N) is 1. The molecule has 0 radical (unpaired) electrons. The zero-order valence-electron chi connectivity index (χ0n) is 73.8. The van der Waals surface area contributed by atoms with E-state index >= 15 is 14.4 Å². The van der Waals surface area contributed by atoms with Crippen LogP contribution < -0.4 is 5.32 Å². The molecule has 0 heterocycles. The Labute approximate surface area is 684 Å². The van der Waals surface area contributed by atoms with Gasteiger partial charge in [0.05, 0.1) is 24.7 Å². The number of ether oxygens (including phenoxy) is 3. The first-order valence-corrected chi connectivity index (χ1v) is 40.8. The molecule has 1 N–H and O–H groups in total. The first kappa shape index (κ1) is 99.8. The number of ketones is 3. The number of rotatable bonds is 46. The number of benzene rings is 2. The van der Waals surface area contributed by atoms with Gasteiger partial charge in [-0.15, -0.1) is 0 Å². The third-order valence-electron chi connectivity index (χ3n) is 22.4. The second-order valence-electron chi connectivity index (χ2n) is 33.7. The molecule has 27 nitrogen and oxygen atoms in total. The monoisotopic (exact) mass is 1610 g/mol. The fraction of sp³-hybridized carbons (Fsp3) is 0.670. The molecule has 1 aliphatic rings. The Balaban J connectivity index is 1.89.